The van der Waals surface area contributed by atoms with E-state index in [4.69, 9.17) is 4.74 Å². The molecule has 134 valence electrons. The molecule has 1 amide bonds. The first-order valence-electron chi connectivity index (χ1n) is 8.18. The Morgan fingerprint density at radius 3 is 2.96 bits per heavy atom. The van der Waals surface area contributed by atoms with Gasteiger partial charge in [0.15, 0.2) is 12.3 Å². The summed E-state index contributed by atoms with van der Waals surface area (Å²) in [6, 6.07) is 5.34. The van der Waals surface area contributed by atoms with E-state index in [1.54, 1.807) is 15.7 Å². The van der Waals surface area contributed by atoms with Crippen LogP contribution in [0.5, 0.6) is 5.75 Å². The second kappa shape index (κ2) is 6.58. The lowest BCUT2D eigenvalue weighted by atomic mass is 10.2. The monoisotopic (exact) mass is 357 g/mol. The van der Waals surface area contributed by atoms with E-state index in [2.05, 4.69) is 15.0 Å². The number of likely N-dealkylation sites (tertiary alicyclic amines) is 1. The van der Waals surface area contributed by atoms with Crippen molar-refractivity contribution in [3.63, 3.8) is 0 Å². The highest BCUT2D eigenvalue weighted by molar-refractivity contribution is 5.78. The average molecular weight is 357 g/mol. The molecule has 26 heavy (non-hydrogen) atoms. The van der Waals surface area contributed by atoms with Crippen LogP contribution >= 0.6 is 0 Å². The SMILES string of the molecule is O=C(COc1ccc(F)cc1)N1CC[C@@H](n2c(=O)[nH]c3cncnc32)C1. The first-order valence-corrected chi connectivity index (χ1v) is 8.18. The molecular formula is C17H16FN5O3. The summed E-state index contributed by atoms with van der Waals surface area (Å²) in [5.41, 5.74) is 0.844. The lowest BCUT2D eigenvalue weighted by Gasteiger charge is -2.17. The third-order valence-electron chi connectivity index (χ3n) is 4.44. The molecule has 1 N–H and O–H groups in total. The Labute approximate surface area is 147 Å². The predicted molar refractivity (Wildman–Crippen MR) is 90.3 cm³/mol. The van der Waals surface area contributed by atoms with E-state index in [9.17, 15) is 14.0 Å². The first kappa shape index (κ1) is 16.2. The number of aromatic amines is 1. The van der Waals surface area contributed by atoms with E-state index in [1.165, 1.54) is 30.6 Å². The van der Waals surface area contributed by atoms with E-state index in [0.29, 0.717) is 36.4 Å². The molecule has 0 bridgehead atoms. The molecule has 1 aliphatic heterocycles. The van der Waals surface area contributed by atoms with Gasteiger partial charge in [-0.1, -0.05) is 0 Å². The molecule has 1 atom stereocenters. The first-order chi connectivity index (χ1) is 12.6. The fourth-order valence-electron chi connectivity index (χ4n) is 3.16. The van der Waals surface area contributed by atoms with Crippen molar-refractivity contribution in [3.05, 3.63) is 53.1 Å². The molecule has 1 saturated heterocycles. The molecule has 8 nitrogen and oxygen atoms in total. The van der Waals surface area contributed by atoms with Gasteiger partial charge in [-0.05, 0) is 30.7 Å². The number of carbonyl (C=O) groups excluding carboxylic acids is 1. The molecule has 1 fully saturated rings. The Hall–Kier alpha value is -3.23. The number of benzene rings is 1. The number of imidazole rings is 1. The third-order valence-corrected chi connectivity index (χ3v) is 4.44. The quantitative estimate of drug-likeness (QED) is 0.755. The molecule has 2 aromatic heterocycles. The van der Waals surface area contributed by atoms with E-state index >= 15 is 0 Å². The molecule has 0 saturated carbocycles. The second-order valence-electron chi connectivity index (χ2n) is 6.09. The smallest absolute Gasteiger partial charge is 0.328 e. The van der Waals surface area contributed by atoms with E-state index in [-0.39, 0.29) is 30.1 Å². The summed E-state index contributed by atoms with van der Waals surface area (Å²) in [4.78, 5) is 37.0. The van der Waals surface area contributed by atoms with Gasteiger partial charge in [-0.3, -0.25) is 9.36 Å². The number of hydrogen-bond acceptors (Lipinski definition) is 5. The normalized spacial score (nSPS) is 17.0. The number of ether oxygens (including phenoxy) is 1. The minimum absolute atomic E-state index is 0.136. The van der Waals surface area contributed by atoms with Crippen molar-refractivity contribution in [1.82, 2.24) is 24.4 Å². The van der Waals surface area contributed by atoms with Crippen molar-refractivity contribution in [3.8, 4) is 5.75 Å². The van der Waals surface area contributed by atoms with Crippen LogP contribution < -0.4 is 10.4 Å². The second-order valence-corrected chi connectivity index (χ2v) is 6.09. The molecule has 1 aromatic carbocycles. The number of halogens is 1. The Morgan fingerprint density at radius 2 is 2.15 bits per heavy atom. The largest absolute Gasteiger partial charge is 0.484 e. The fraction of sp³-hybridized carbons (Fsp3) is 0.294. The highest BCUT2D eigenvalue weighted by Gasteiger charge is 2.30. The van der Waals surface area contributed by atoms with Gasteiger partial charge >= 0.3 is 5.69 Å². The third kappa shape index (κ3) is 3.03. The predicted octanol–water partition coefficient (Wildman–Crippen LogP) is 1.11. The zero-order chi connectivity index (χ0) is 18.1. The summed E-state index contributed by atoms with van der Waals surface area (Å²) in [5.74, 6) is -0.113. The minimum Gasteiger partial charge on any atom is -0.484 e. The van der Waals surface area contributed by atoms with Crippen molar-refractivity contribution >= 4 is 17.1 Å². The van der Waals surface area contributed by atoms with Crippen LogP contribution in [0, 0.1) is 5.82 Å². The van der Waals surface area contributed by atoms with Gasteiger partial charge in [0.2, 0.25) is 0 Å². The highest BCUT2D eigenvalue weighted by atomic mass is 19.1. The van der Waals surface area contributed by atoms with Crippen LogP contribution in [0.4, 0.5) is 4.39 Å². The van der Waals surface area contributed by atoms with Crippen LogP contribution in [-0.4, -0.2) is 50.0 Å². The van der Waals surface area contributed by atoms with Crippen LogP contribution in [0.1, 0.15) is 12.5 Å². The van der Waals surface area contributed by atoms with Crippen molar-refractivity contribution in [2.75, 3.05) is 19.7 Å². The van der Waals surface area contributed by atoms with E-state index in [1.807, 2.05) is 0 Å². The van der Waals surface area contributed by atoms with Crippen LogP contribution in [-0.2, 0) is 4.79 Å². The van der Waals surface area contributed by atoms with Gasteiger partial charge in [-0.15, -0.1) is 0 Å². The molecule has 3 aromatic rings. The van der Waals surface area contributed by atoms with Crippen LogP contribution in [0.3, 0.4) is 0 Å². The number of fused-ring (bicyclic) bond motifs is 1. The van der Waals surface area contributed by atoms with Crippen LogP contribution in [0.25, 0.3) is 11.2 Å². The standard InChI is InChI=1S/C17H16FN5O3/c18-11-1-3-13(4-2-11)26-9-15(24)22-6-5-12(8-22)23-16-14(21-17(23)25)7-19-10-20-16/h1-4,7,10,12H,5-6,8-9H2,(H,21,25)/t12-/m1/s1. The number of nitrogens with one attached hydrogen (secondary N) is 1. The summed E-state index contributed by atoms with van der Waals surface area (Å²) < 4.78 is 19.9. The van der Waals surface area contributed by atoms with Gasteiger partial charge in [0, 0.05) is 13.1 Å². The lowest BCUT2D eigenvalue weighted by molar-refractivity contribution is -0.132. The van der Waals surface area contributed by atoms with E-state index < -0.39 is 0 Å². The Balaban J connectivity index is 1.43. The maximum atomic E-state index is 12.9. The summed E-state index contributed by atoms with van der Waals surface area (Å²) in [7, 11) is 0. The number of carbonyl (C=O) groups is 1. The molecular weight excluding hydrogens is 341 g/mol. The molecule has 0 unspecified atom stereocenters. The van der Waals surface area contributed by atoms with Crippen molar-refractivity contribution < 1.29 is 13.9 Å². The molecule has 0 aliphatic carbocycles. The Morgan fingerprint density at radius 1 is 1.35 bits per heavy atom. The molecule has 4 rings (SSSR count). The number of aromatic nitrogens is 4. The van der Waals surface area contributed by atoms with Gasteiger partial charge < -0.3 is 14.6 Å². The zero-order valence-corrected chi connectivity index (χ0v) is 13.8. The minimum atomic E-state index is -0.362. The number of H-pyrrole nitrogens is 1. The van der Waals surface area contributed by atoms with Gasteiger partial charge in [0.25, 0.3) is 5.91 Å². The van der Waals surface area contributed by atoms with Crippen molar-refractivity contribution in [2.24, 2.45) is 0 Å². The van der Waals surface area contributed by atoms with Crippen LogP contribution in [0.15, 0.2) is 41.6 Å². The molecule has 0 radical (unpaired) electrons. The molecule has 9 heteroatoms. The molecule has 1 aliphatic rings. The Bertz CT molecular complexity index is 998. The van der Waals surface area contributed by atoms with Gasteiger partial charge in [-0.2, -0.15) is 0 Å². The number of hydrogen-bond donors (Lipinski definition) is 1. The molecule has 3 heterocycles. The van der Waals surface area contributed by atoms with E-state index in [0.717, 1.165) is 0 Å². The highest BCUT2D eigenvalue weighted by Crippen LogP contribution is 2.23. The van der Waals surface area contributed by atoms with Crippen molar-refractivity contribution in [1.29, 1.82) is 0 Å². The summed E-state index contributed by atoms with van der Waals surface area (Å²) in [6.45, 7) is 0.798. The summed E-state index contributed by atoms with van der Waals surface area (Å²) in [5, 5.41) is 0. The molecule has 0 spiro atoms. The number of rotatable bonds is 4. The number of amides is 1. The number of nitrogens with zero attached hydrogens (tertiary/aromatic N) is 4. The maximum Gasteiger partial charge on any atom is 0.328 e. The fourth-order valence-corrected chi connectivity index (χ4v) is 3.16. The van der Waals surface area contributed by atoms with Gasteiger partial charge in [0.1, 0.15) is 23.4 Å². The van der Waals surface area contributed by atoms with Crippen molar-refractivity contribution in [2.45, 2.75) is 12.5 Å². The average Bonchev–Trinajstić information content (AvgIpc) is 3.24. The summed E-state index contributed by atoms with van der Waals surface area (Å²) >= 11 is 0. The zero-order valence-electron chi connectivity index (χ0n) is 13.8. The topological polar surface area (TPSA) is 93.1 Å². The lowest BCUT2D eigenvalue weighted by Crippen LogP contribution is -2.34. The van der Waals surface area contributed by atoms with Gasteiger partial charge in [-0.25, -0.2) is 19.2 Å². The summed E-state index contributed by atoms with van der Waals surface area (Å²) in [6.07, 6.45) is 3.59. The van der Waals surface area contributed by atoms with Gasteiger partial charge in [0.05, 0.1) is 12.2 Å². The Kier molecular flexibility index (Phi) is 4.11. The maximum absolute atomic E-state index is 12.9. The van der Waals surface area contributed by atoms with Crippen LogP contribution in [0.2, 0.25) is 0 Å².